The molecule has 11 heteroatoms. The smallest absolute Gasteiger partial charge is 0.342 e. The Morgan fingerprint density at radius 2 is 1.39 bits per heavy atom. The van der Waals surface area contributed by atoms with Crippen LogP contribution in [-0.4, -0.2) is 72.6 Å². The quantitative estimate of drug-likeness (QED) is 0.343. The summed E-state index contributed by atoms with van der Waals surface area (Å²) in [7, 11) is 1.84. The molecule has 1 fully saturated rings. The van der Waals surface area contributed by atoms with Gasteiger partial charge in [-0.15, -0.1) is 0 Å². The lowest BCUT2D eigenvalue weighted by atomic mass is 10.1. The molecule has 0 atom stereocenters. The van der Waals surface area contributed by atoms with Crippen molar-refractivity contribution in [3.63, 3.8) is 0 Å². The van der Waals surface area contributed by atoms with E-state index in [1.54, 1.807) is 0 Å². The molecule has 0 spiro atoms. The van der Waals surface area contributed by atoms with E-state index in [-0.39, 0.29) is 33.3 Å². The Bertz CT molecular complexity index is 1180. The molecule has 0 N–H and O–H groups in total. The van der Waals surface area contributed by atoms with E-state index in [2.05, 4.69) is 0 Å². The van der Waals surface area contributed by atoms with Gasteiger partial charge in [0, 0.05) is 18.7 Å². The summed E-state index contributed by atoms with van der Waals surface area (Å²) in [4.78, 5) is 25.6. The Kier molecular flexibility index (Phi) is 9.16. The number of rotatable bonds is 10. The molecule has 1 saturated heterocycles. The average molecular weight is 522 g/mol. The summed E-state index contributed by atoms with van der Waals surface area (Å²) in [6.45, 7) is 0.262. The van der Waals surface area contributed by atoms with Crippen molar-refractivity contribution in [3.8, 4) is 23.0 Å². The highest BCUT2D eigenvalue weighted by atomic mass is 32.2. The number of methoxy groups -OCH3 is 4. The number of hydrogen-bond acceptors (Lipinski definition) is 9. The summed E-state index contributed by atoms with van der Waals surface area (Å²) in [5, 5.41) is 0. The largest absolute Gasteiger partial charge is 0.496 e. The molecule has 1 heterocycles. The van der Waals surface area contributed by atoms with Gasteiger partial charge in [0.15, 0.2) is 18.1 Å². The molecule has 0 bridgehead atoms. The van der Waals surface area contributed by atoms with E-state index in [0.717, 1.165) is 25.7 Å². The summed E-state index contributed by atoms with van der Waals surface area (Å²) >= 11 is 0. The zero-order chi connectivity index (χ0) is 26.3. The van der Waals surface area contributed by atoms with Gasteiger partial charge in [0.2, 0.25) is 21.6 Å². The second kappa shape index (κ2) is 12.1. The maximum absolute atomic E-state index is 13.2. The number of ketones is 1. The molecule has 196 valence electrons. The second-order valence-corrected chi connectivity index (χ2v) is 10.0. The van der Waals surface area contributed by atoms with E-state index < -0.39 is 28.4 Å². The molecular formula is C25H31NO9S. The van der Waals surface area contributed by atoms with Gasteiger partial charge in [0.1, 0.15) is 11.3 Å². The van der Waals surface area contributed by atoms with Gasteiger partial charge in [-0.3, -0.25) is 4.79 Å². The van der Waals surface area contributed by atoms with Gasteiger partial charge in [0.05, 0.1) is 33.3 Å². The van der Waals surface area contributed by atoms with E-state index in [1.165, 1.54) is 63.1 Å². The standard InChI is InChI=1S/C25H31NO9S/c1-31-21-10-9-18(36(29,30)26-11-7-5-6-8-12-26)15-19(21)25(28)35-16-20(27)17-13-22(32-2)24(34-4)23(14-17)33-3/h9-10,13-15H,5-8,11-12,16H2,1-4H3. The number of esters is 1. The number of ether oxygens (including phenoxy) is 5. The Morgan fingerprint density at radius 1 is 0.806 bits per heavy atom. The summed E-state index contributed by atoms with van der Waals surface area (Å²) < 4.78 is 54.0. The lowest BCUT2D eigenvalue weighted by molar-refractivity contribution is 0.0471. The number of carbonyl (C=O) groups excluding carboxylic acids is 2. The normalized spacial score (nSPS) is 14.4. The van der Waals surface area contributed by atoms with Crippen LogP contribution in [0.5, 0.6) is 23.0 Å². The van der Waals surface area contributed by atoms with Gasteiger partial charge in [0.25, 0.3) is 0 Å². The van der Waals surface area contributed by atoms with Gasteiger partial charge in [-0.05, 0) is 43.2 Å². The first kappa shape index (κ1) is 27.3. The van der Waals surface area contributed by atoms with E-state index in [1.807, 2.05) is 0 Å². The van der Waals surface area contributed by atoms with Crippen LogP contribution >= 0.6 is 0 Å². The molecule has 10 nitrogen and oxygen atoms in total. The number of Topliss-reactive ketones (excluding diaryl/α,β-unsaturated/α-hetero) is 1. The average Bonchev–Trinajstić information content (AvgIpc) is 3.20. The first-order chi connectivity index (χ1) is 17.3. The number of nitrogens with zero attached hydrogens (tertiary/aromatic N) is 1. The first-order valence-corrected chi connectivity index (χ1v) is 12.9. The van der Waals surface area contributed by atoms with E-state index in [9.17, 15) is 18.0 Å². The van der Waals surface area contributed by atoms with Crippen molar-refractivity contribution < 1.29 is 41.7 Å². The fourth-order valence-corrected chi connectivity index (χ4v) is 5.52. The SMILES string of the molecule is COc1ccc(S(=O)(=O)N2CCCCCC2)cc1C(=O)OCC(=O)c1cc(OC)c(OC)c(OC)c1. The topological polar surface area (TPSA) is 118 Å². The van der Waals surface area contributed by atoms with E-state index in [4.69, 9.17) is 23.7 Å². The third-order valence-electron chi connectivity index (χ3n) is 5.91. The van der Waals surface area contributed by atoms with Crippen molar-refractivity contribution >= 4 is 21.8 Å². The van der Waals surface area contributed by atoms with Crippen LogP contribution in [0, 0.1) is 0 Å². The molecule has 3 rings (SSSR count). The number of sulfonamides is 1. The maximum Gasteiger partial charge on any atom is 0.342 e. The summed E-state index contributed by atoms with van der Waals surface area (Å²) in [5.41, 5.74) is 0.0906. The fourth-order valence-electron chi connectivity index (χ4n) is 3.97. The Hall–Kier alpha value is -3.31. The summed E-state index contributed by atoms with van der Waals surface area (Å²) in [5.74, 6) is -0.398. The first-order valence-electron chi connectivity index (χ1n) is 11.4. The molecule has 36 heavy (non-hydrogen) atoms. The molecule has 0 amide bonds. The zero-order valence-corrected chi connectivity index (χ0v) is 21.7. The molecule has 2 aromatic rings. The lowest BCUT2D eigenvalue weighted by Crippen LogP contribution is -2.32. The van der Waals surface area contributed by atoms with Crippen molar-refractivity contribution in [1.29, 1.82) is 0 Å². The summed E-state index contributed by atoms with van der Waals surface area (Å²) in [6.07, 6.45) is 3.53. The van der Waals surface area contributed by atoms with Crippen LogP contribution in [0.3, 0.4) is 0 Å². The van der Waals surface area contributed by atoms with Crippen LogP contribution in [0.4, 0.5) is 0 Å². The van der Waals surface area contributed by atoms with E-state index >= 15 is 0 Å². The molecule has 1 aliphatic rings. The molecular weight excluding hydrogens is 490 g/mol. The lowest BCUT2D eigenvalue weighted by Gasteiger charge is -2.20. The summed E-state index contributed by atoms with van der Waals surface area (Å²) in [6, 6.07) is 6.93. The second-order valence-electron chi connectivity index (χ2n) is 8.09. The molecule has 0 aromatic heterocycles. The maximum atomic E-state index is 13.2. The zero-order valence-electron chi connectivity index (χ0n) is 20.9. The van der Waals surface area contributed by atoms with Crippen LogP contribution in [0.2, 0.25) is 0 Å². The van der Waals surface area contributed by atoms with Crippen LogP contribution in [0.15, 0.2) is 35.2 Å². The molecule has 0 radical (unpaired) electrons. The highest BCUT2D eigenvalue weighted by molar-refractivity contribution is 7.89. The molecule has 1 aliphatic heterocycles. The minimum Gasteiger partial charge on any atom is -0.496 e. The van der Waals surface area contributed by atoms with Crippen molar-refractivity contribution in [3.05, 3.63) is 41.5 Å². The highest BCUT2D eigenvalue weighted by Gasteiger charge is 2.28. The van der Waals surface area contributed by atoms with Crippen molar-refractivity contribution in [2.75, 3.05) is 48.1 Å². The van der Waals surface area contributed by atoms with Gasteiger partial charge in [-0.1, -0.05) is 12.8 Å². The minimum atomic E-state index is -3.80. The predicted molar refractivity (Wildman–Crippen MR) is 131 cm³/mol. The fraction of sp³-hybridized carbons (Fsp3) is 0.440. The Balaban J connectivity index is 1.81. The minimum absolute atomic E-state index is 0.0342. The van der Waals surface area contributed by atoms with Crippen molar-refractivity contribution in [2.45, 2.75) is 30.6 Å². The molecule has 0 aliphatic carbocycles. The van der Waals surface area contributed by atoms with Gasteiger partial charge < -0.3 is 23.7 Å². The molecule has 0 saturated carbocycles. The van der Waals surface area contributed by atoms with Crippen LogP contribution in [-0.2, 0) is 14.8 Å². The third kappa shape index (κ3) is 5.90. The number of benzene rings is 2. The Labute approximate surface area is 211 Å². The molecule has 2 aromatic carbocycles. The van der Waals surface area contributed by atoms with Crippen molar-refractivity contribution in [2.24, 2.45) is 0 Å². The van der Waals surface area contributed by atoms with Gasteiger partial charge in [-0.2, -0.15) is 4.31 Å². The van der Waals surface area contributed by atoms with Crippen molar-refractivity contribution in [1.82, 2.24) is 4.31 Å². The van der Waals surface area contributed by atoms with E-state index in [0.29, 0.717) is 18.8 Å². The van der Waals surface area contributed by atoms with Gasteiger partial charge >= 0.3 is 5.97 Å². The number of carbonyl (C=O) groups is 2. The Morgan fingerprint density at radius 3 is 1.92 bits per heavy atom. The predicted octanol–water partition coefficient (Wildman–Crippen LogP) is 3.33. The highest BCUT2D eigenvalue weighted by Crippen LogP contribution is 2.38. The number of hydrogen-bond donors (Lipinski definition) is 0. The van der Waals surface area contributed by atoms with Crippen LogP contribution < -0.4 is 18.9 Å². The van der Waals surface area contributed by atoms with Crippen LogP contribution in [0.1, 0.15) is 46.4 Å². The third-order valence-corrected chi connectivity index (χ3v) is 7.81. The van der Waals surface area contributed by atoms with Crippen LogP contribution in [0.25, 0.3) is 0 Å². The molecule has 0 unspecified atom stereocenters. The van der Waals surface area contributed by atoms with Gasteiger partial charge in [-0.25, -0.2) is 13.2 Å². The monoisotopic (exact) mass is 521 g/mol.